The van der Waals surface area contributed by atoms with Gasteiger partial charge in [0.05, 0.1) is 4.92 Å². The molecule has 2 rings (SSSR count). The van der Waals surface area contributed by atoms with Crippen LogP contribution in [-0.2, 0) is 6.54 Å². The van der Waals surface area contributed by atoms with Gasteiger partial charge in [-0.3, -0.25) is 10.1 Å². The van der Waals surface area contributed by atoms with Crippen molar-refractivity contribution in [2.75, 3.05) is 5.32 Å². The summed E-state index contributed by atoms with van der Waals surface area (Å²) in [5.74, 6) is -0.594. The summed E-state index contributed by atoms with van der Waals surface area (Å²) in [5.41, 5.74) is 0.343. The van der Waals surface area contributed by atoms with Crippen LogP contribution in [0.25, 0.3) is 0 Å². The van der Waals surface area contributed by atoms with E-state index in [1.807, 2.05) is 0 Å². The smallest absolute Gasteiger partial charge is 0.292 e. The third-order valence-corrected chi connectivity index (χ3v) is 2.90. The highest BCUT2D eigenvalue weighted by Gasteiger charge is 2.14. The molecule has 5 nitrogen and oxygen atoms in total. The summed E-state index contributed by atoms with van der Waals surface area (Å²) in [4.78, 5) is 10.3. The minimum absolute atomic E-state index is 0.0325. The molecule has 2 aromatic carbocycles. The number of benzene rings is 2. The second-order valence-electron chi connectivity index (χ2n) is 4.05. The maximum absolute atomic E-state index is 13.1. The largest absolute Gasteiger partial charge is 0.508 e. The van der Waals surface area contributed by atoms with Gasteiger partial charge in [-0.2, -0.15) is 0 Å². The molecule has 0 unspecified atom stereocenters. The van der Waals surface area contributed by atoms with Gasteiger partial charge >= 0.3 is 0 Å². The monoisotopic (exact) mass is 296 g/mol. The van der Waals surface area contributed by atoms with Crippen LogP contribution >= 0.6 is 11.6 Å². The maximum Gasteiger partial charge on any atom is 0.292 e. The molecule has 0 bridgehead atoms. The first-order valence-corrected chi connectivity index (χ1v) is 6.00. The van der Waals surface area contributed by atoms with Crippen LogP contribution in [0.4, 0.5) is 15.8 Å². The van der Waals surface area contributed by atoms with Crippen molar-refractivity contribution in [1.29, 1.82) is 0 Å². The van der Waals surface area contributed by atoms with Gasteiger partial charge in [0.2, 0.25) is 0 Å². The zero-order valence-electron chi connectivity index (χ0n) is 10.1. The number of anilines is 1. The highest BCUT2D eigenvalue weighted by atomic mass is 35.5. The Kier molecular flexibility index (Phi) is 4.05. The van der Waals surface area contributed by atoms with Gasteiger partial charge in [-0.15, -0.1) is 0 Å². The quantitative estimate of drug-likeness (QED) is 0.666. The van der Waals surface area contributed by atoms with Crippen LogP contribution in [0.2, 0.25) is 5.02 Å². The summed E-state index contributed by atoms with van der Waals surface area (Å²) in [5, 5.41) is 23.6. The number of nitrogens with one attached hydrogen (secondary N) is 1. The van der Waals surface area contributed by atoms with Crippen molar-refractivity contribution < 1.29 is 14.4 Å². The van der Waals surface area contributed by atoms with Crippen molar-refractivity contribution in [3.63, 3.8) is 0 Å². The van der Waals surface area contributed by atoms with Crippen molar-refractivity contribution in [3.8, 4) is 5.75 Å². The van der Waals surface area contributed by atoms with E-state index in [0.29, 0.717) is 10.6 Å². The Labute approximate surface area is 118 Å². The first kappa shape index (κ1) is 14.1. The number of halogens is 2. The number of rotatable bonds is 4. The summed E-state index contributed by atoms with van der Waals surface area (Å²) in [7, 11) is 0. The molecule has 0 aliphatic heterocycles. The van der Waals surface area contributed by atoms with Gasteiger partial charge in [-0.25, -0.2) is 4.39 Å². The van der Waals surface area contributed by atoms with Gasteiger partial charge < -0.3 is 10.4 Å². The fourth-order valence-electron chi connectivity index (χ4n) is 1.70. The van der Waals surface area contributed by atoms with Crippen LogP contribution < -0.4 is 5.32 Å². The molecule has 0 heterocycles. The Morgan fingerprint density at radius 3 is 2.75 bits per heavy atom. The minimum Gasteiger partial charge on any atom is -0.508 e. The van der Waals surface area contributed by atoms with E-state index >= 15 is 0 Å². The van der Waals surface area contributed by atoms with Crippen molar-refractivity contribution in [2.45, 2.75) is 6.54 Å². The Bertz CT molecular complexity index is 664. The van der Waals surface area contributed by atoms with Gasteiger partial charge in [0.25, 0.3) is 5.69 Å². The van der Waals surface area contributed by atoms with E-state index in [2.05, 4.69) is 5.32 Å². The molecule has 104 valence electrons. The lowest BCUT2D eigenvalue weighted by Gasteiger charge is -2.09. The van der Waals surface area contributed by atoms with Crippen LogP contribution in [-0.4, -0.2) is 10.0 Å². The van der Waals surface area contributed by atoms with Gasteiger partial charge in [-0.05, 0) is 30.3 Å². The number of nitrogens with zero attached hydrogens (tertiary/aromatic N) is 1. The molecule has 0 aliphatic rings. The first-order chi connectivity index (χ1) is 9.47. The predicted octanol–water partition coefficient (Wildman–Crippen LogP) is 3.71. The lowest BCUT2D eigenvalue weighted by atomic mass is 10.2. The predicted molar refractivity (Wildman–Crippen MR) is 73.5 cm³/mol. The van der Waals surface area contributed by atoms with Crippen LogP contribution in [0.3, 0.4) is 0 Å². The molecule has 0 aromatic heterocycles. The van der Waals surface area contributed by atoms with Gasteiger partial charge in [0, 0.05) is 23.2 Å². The summed E-state index contributed by atoms with van der Waals surface area (Å²) in [6.45, 7) is 0.0325. The molecule has 0 spiro atoms. The molecule has 2 aromatic rings. The number of hydrogen-bond acceptors (Lipinski definition) is 4. The molecule has 0 saturated carbocycles. The Hall–Kier alpha value is -2.34. The van der Waals surface area contributed by atoms with E-state index in [1.165, 1.54) is 24.3 Å². The van der Waals surface area contributed by atoms with E-state index in [1.54, 1.807) is 0 Å². The van der Waals surface area contributed by atoms with E-state index in [9.17, 15) is 19.6 Å². The summed E-state index contributed by atoms with van der Waals surface area (Å²) in [6, 6.07) is 7.58. The van der Waals surface area contributed by atoms with E-state index in [0.717, 1.165) is 12.1 Å². The molecule has 0 atom stereocenters. The Morgan fingerprint density at radius 2 is 2.05 bits per heavy atom. The van der Waals surface area contributed by atoms with Crippen LogP contribution in [0, 0.1) is 15.9 Å². The Balaban J connectivity index is 2.24. The fraction of sp³-hybridized carbons (Fsp3) is 0.0769. The molecule has 0 radical (unpaired) electrons. The SMILES string of the molecule is O=[N+]([O-])c1ccc(Cl)cc1NCc1cc(F)ccc1O. The highest BCUT2D eigenvalue weighted by Crippen LogP contribution is 2.29. The van der Waals surface area contributed by atoms with Crippen LogP contribution in [0.1, 0.15) is 5.56 Å². The lowest BCUT2D eigenvalue weighted by molar-refractivity contribution is -0.384. The standard InChI is InChI=1S/C13H10ClFN2O3/c14-9-1-3-12(17(19)20)11(6-9)16-7-8-5-10(15)2-4-13(8)18/h1-6,16,18H,7H2. The molecule has 20 heavy (non-hydrogen) atoms. The summed E-state index contributed by atoms with van der Waals surface area (Å²) >= 11 is 5.79. The van der Waals surface area contributed by atoms with E-state index in [4.69, 9.17) is 11.6 Å². The normalized spacial score (nSPS) is 10.3. The third-order valence-electron chi connectivity index (χ3n) is 2.67. The molecular weight excluding hydrogens is 287 g/mol. The van der Waals surface area contributed by atoms with Gasteiger partial charge in [0.15, 0.2) is 0 Å². The number of phenolic OH excluding ortho intramolecular Hbond substituents is 1. The molecule has 0 aliphatic carbocycles. The van der Waals surface area contributed by atoms with Crippen LogP contribution in [0.5, 0.6) is 5.75 Å². The van der Waals surface area contributed by atoms with Crippen molar-refractivity contribution >= 4 is 23.0 Å². The first-order valence-electron chi connectivity index (χ1n) is 5.62. The molecule has 0 fully saturated rings. The highest BCUT2D eigenvalue weighted by molar-refractivity contribution is 6.31. The zero-order chi connectivity index (χ0) is 14.7. The average Bonchev–Trinajstić information content (AvgIpc) is 2.39. The minimum atomic E-state index is -0.551. The maximum atomic E-state index is 13.1. The fourth-order valence-corrected chi connectivity index (χ4v) is 1.87. The van der Waals surface area contributed by atoms with E-state index < -0.39 is 10.7 Å². The molecule has 7 heteroatoms. The third kappa shape index (κ3) is 3.16. The van der Waals surface area contributed by atoms with Gasteiger partial charge in [-0.1, -0.05) is 11.6 Å². The second-order valence-corrected chi connectivity index (χ2v) is 4.48. The zero-order valence-corrected chi connectivity index (χ0v) is 10.9. The number of hydrogen-bond donors (Lipinski definition) is 2. The number of phenols is 1. The molecule has 2 N–H and O–H groups in total. The van der Waals surface area contributed by atoms with Crippen molar-refractivity contribution in [3.05, 3.63) is 62.9 Å². The number of nitro groups is 1. The second kappa shape index (κ2) is 5.75. The average molecular weight is 297 g/mol. The summed E-state index contributed by atoms with van der Waals surface area (Å²) < 4.78 is 13.1. The molecule has 0 saturated heterocycles. The summed E-state index contributed by atoms with van der Waals surface area (Å²) in [6.07, 6.45) is 0. The van der Waals surface area contributed by atoms with Crippen molar-refractivity contribution in [1.82, 2.24) is 0 Å². The van der Waals surface area contributed by atoms with Crippen LogP contribution in [0.15, 0.2) is 36.4 Å². The van der Waals surface area contributed by atoms with Crippen molar-refractivity contribution in [2.24, 2.45) is 0 Å². The molecular formula is C13H10ClFN2O3. The number of nitro benzene ring substituents is 1. The molecule has 0 amide bonds. The topological polar surface area (TPSA) is 75.4 Å². The van der Waals surface area contributed by atoms with Gasteiger partial charge in [0.1, 0.15) is 17.3 Å². The number of aromatic hydroxyl groups is 1. The van der Waals surface area contributed by atoms with E-state index in [-0.39, 0.29) is 23.7 Å². The Morgan fingerprint density at radius 1 is 1.30 bits per heavy atom. The lowest BCUT2D eigenvalue weighted by Crippen LogP contribution is -2.03.